The molecule has 2 nitrogen and oxygen atoms in total. The van der Waals surface area contributed by atoms with E-state index < -0.39 is 14.0 Å². The van der Waals surface area contributed by atoms with Crippen molar-refractivity contribution in [3.63, 3.8) is 0 Å². The quantitative estimate of drug-likeness (QED) is 0.514. The van der Waals surface area contributed by atoms with Crippen molar-refractivity contribution in [3.05, 3.63) is 41.1 Å². The standard InChI is InChI=1S/C19H30O2Si/c1-6-22(7-2,8-3)14-18(19(20)21)17-11-9-16(10-12-17)13-15(4)5/h9-12,14-15H,6-8,13H2,1-5H3,(H,20,21). The summed E-state index contributed by atoms with van der Waals surface area (Å²) in [6.07, 6.45) is 1.03. The first-order chi connectivity index (χ1) is 10.4. The fourth-order valence-corrected chi connectivity index (χ4v) is 5.94. The van der Waals surface area contributed by atoms with Crippen molar-refractivity contribution < 1.29 is 9.90 Å². The summed E-state index contributed by atoms with van der Waals surface area (Å²) in [6.45, 7) is 11.0. The maximum atomic E-state index is 11.7. The van der Waals surface area contributed by atoms with Crippen LogP contribution in [0.25, 0.3) is 5.57 Å². The third kappa shape index (κ3) is 4.84. The molecule has 0 saturated carbocycles. The molecule has 3 heteroatoms. The number of rotatable bonds is 8. The molecule has 1 N–H and O–H groups in total. The van der Waals surface area contributed by atoms with Crippen LogP contribution in [0.15, 0.2) is 30.0 Å². The average Bonchev–Trinajstić information content (AvgIpc) is 2.49. The van der Waals surface area contributed by atoms with E-state index in [1.54, 1.807) is 0 Å². The lowest BCUT2D eigenvalue weighted by Crippen LogP contribution is -2.30. The number of carbonyl (C=O) groups is 1. The highest BCUT2D eigenvalue weighted by molar-refractivity contribution is 6.85. The SMILES string of the molecule is CC[Si](C=C(C(=O)O)c1ccc(CC(C)C)cc1)(CC)CC. The Morgan fingerprint density at radius 3 is 1.95 bits per heavy atom. The highest BCUT2D eigenvalue weighted by atomic mass is 28.3. The van der Waals surface area contributed by atoms with Crippen molar-refractivity contribution in [1.29, 1.82) is 0 Å². The van der Waals surface area contributed by atoms with Gasteiger partial charge in [0.25, 0.3) is 0 Å². The second kappa shape index (κ2) is 8.32. The van der Waals surface area contributed by atoms with Crippen LogP contribution in [0.4, 0.5) is 0 Å². The van der Waals surface area contributed by atoms with Gasteiger partial charge in [0.2, 0.25) is 0 Å². The van der Waals surface area contributed by atoms with Gasteiger partial charge in [-0.1, -0.05) is 82.7 Å². The lowest BCUT2D eigenvalue weighted by atomic mass is 10.00. The molecule has 0 spiro atoms. The van der Waals surface area contributed by atoms with Gasteiger partial charge in [-0.05, 0) is 23.5 Å². The van der Waals surface area contributed by atoms with Gasteiger partial charge in [0.05, 0.1) is 13.6 Å². The summed E-state index contributed by atoms with van der Waals surface area (Å²) in [5.74, 6) is -0.190. The molecule has 0 aliphatic carbocycles. The topological polar surface area (TPSA) is 37.3 Å². The molecule has 122 valence electrons. The van der Waals surface area contributed by atoms with Crippen molar-refractivity contribution in [2.75, 3.05) is 0 Å². The molecule has 0 fully saturated rings. The maximum Gasteiger partial charge on any atom is 0.335 e. The molecular weight excluding hydrogens is 288 g/mol. The summed E-state index contributed by atoms with van der Waals surface area (Å²) < 4.78 is 0. The van der Waals surface area contributed by atoms with Crippen LogP contribution in [0, 0.1) is 5.92 Å². The summed E-state index contributed by atoms with van der Waals surface area (Å²) in [4.78, 5) is 11.7. The zero-order chi connectivity index (χ0) is 16.8. The molecule has 1 aromatic carbocycles. The van der Waals surface area contributed by atoms with Gasteiger partial charge in [-0.15, -0.1) is 0 Å². The van der Waals surface area contributed by atoms with Crippen molar-refractivity contribution in [2.45, 2.75) is 59.2 Å². The van der Waals surface area contributed by atoms with Crippen LogP contribution in [0.2, 0.25) is 18.1 Å². The first kappa shape index (κ1) is 18.7. The van der Waals surface area contributed by atoms with Gasteiger partial charge in [-0.2, -0.15) is 0 Å². The van der Waals surface area contributed by atoms with Gasteiger partial charge in [0.15, 0.2) is 0 Å². The Bertz CT molecular complexity index is 502. The smallest absolute Gasteiger partial charge is 0.335 e. The largest absolute Gasteiger partial charge is 0.478 e. The van der Waals surface area contributed by atoms with E-state index in [0.29, 0.717) is 11.5 Å². The van der Waals surface area contributed by atoms with E-state index in [-0.39, 0.29) is 0 Å². The number of hydrogen-bond acceptors (Lipinski definition) is 1. The van der Waals surface area contributed by atoms with E-state index in [1.165, 1.54) is 5.56 Å². The first-order valence-corrected chi connectivity index (χ1v) is 11.1. The molecule has 0 amide bonds. The summed E-state index contributed by atoms with van der Waals surface area (Å²) in [5.41, 5.74) is 4.72. The number of hydrogen-bond donors (Lipinski definition) is 1. The van der Waals surface area contributed by atoms with Gasteiger partial charge in [-0.25, -0.2) is 4.79 Å². The Balaban J connectivity index is 3.18. The van der Waals surface area contributed by atoms with Gasteiger partial charge in [-0.3, -0.25) is 0 Å². The zero-order valence-corrected chi connectivity index (χ0v) is 15.6. The fourth-order valence-electron chi connectivity index (χ4n) is 2.92. The van der Waals surface area contributed by atoms with Crippen molar-refractivity contribution >= 4 is 19.6 Å². The average molecular weight is 319 g/mol. The van der Waals surface area contributed by atoms with E-state index in [2.05, 4.69) is 52.5 Å². The summed E-state index contributed by atoms with van der Waals surface area (Å²) in [5, 5.41) is 9.65. The predicted octanol–water partition coefficient (Wildman–Crippen LogP) is 5.40. The molecule has 1 rings (SSSR count). The Morgan fingerprint density at radius 1 is 1.09 bits per heavy atom. The molecule has 0 radical (unpaired) electrons. The maximum absolute atomic E-state index is 11.7. The number of carboxylic acids is 1. The Kier molecular flexibility index (Phi) is 7.07. The Hall–Kier alpha value is -1.35. The summed E-state index contributed by atoms with van der Waals surface area (Å²) in [6, 6.07) is 11.4. The second-order valence-electron chi connectivity index (χ2n) is 6.58. The summed E-state index contributed by atoms with van der Waals surface area (Å²) in [7, 11) is -1.61. The van der Waals surface area contributed by atoms with Gasteiger partial charge in [0.1, 0.15) is 0 Å². The summed E-state index contributed by atoms with van der Waals surface area (Å²) >= 11 is 0. The third-order valence-corrected chi connectivity index (χ3v) is 9.83. The van der Waals surface area contributed by atoms with Crippen LogP contribution in [0.3, 0.4) is 0 Å². The van der Waals surface area contributed by atoms with E-state index in [4.69, 9.17) is 0 Å². The van der Waals surface area contributed by atoms with Crippen LogP contribution < -0.4 is 0 Å². The lowest BCUT2D eigenvalue weighted by Gasteiger charge is -2.25. The van der Waals surface area contributed by atoms with Crippen LogP contribution in [-0.2, 0) is 11.2 Å². The Labute approximate surface area is 136 Å². The first-order valence-electron chi connectivity index (χ1n) is 8.42. The minimum absolute atomic E-state index is 0.494. The molecule has 0 bridgehead atoms. The van der Waals surface area contributed by atoms with E-state index in [9.17, 15) is 9.90 Å². The number of aliphatic carboxylic acids is 1. The lowest BCUT2D eigenvalue weighted by molar-refractivity contribution is -0.130. The molecule has 0 atom stereocenters. The van der Waals surface area contributed by atoms with Crippen LogP contribution in [0.1, 0.15) is 45.7 Å². The van der Waals surface area contributed by atoms with Gasteiger partial charge < -0.3 is 5.11 Å². The molecule has 1 aromatic rings. The minimum atomic E-state index is -1.61. The fraction of sp³-hybridized carbons (Fsp3) is 0.526. The molecule has 0 saturated heterocycles. The Morgan fingerprint density at radius 2 is 1.59 bits per heavy atom. The molecule has 0 aliphatic heterocycles. The number of benzene rings is 1. The molecule has 0 aromatic heterocycles. The number of carboxylic acid groups (broad SMARTS) is 1. The molecule has 22 heavy (non-hydrogen) atoms. The van der Waals surface area contributed by atoms with Crippen LogP contribution in [-0.4, -0.2) is 19.1 Å². The van der Waals surface area contributed by atoms with E-state index in [1.807, 2.05) is 12.1 Å². The monoisotopic (exact) mass is 318 g/mol. The highest BCUT2D eigenvalue weighted by Crippen LogP contribution is 2.27. The van der Waals surface area contributed by atoms with E-state index >= 15 is 0 Å². The molecule has 0 aliphatic rings. The highest BCUT2D eigenvalue weighted by Gasteiger charge is 2.26. The van der Waals surface area contributed by atoms with Crippen molar-refractivity contribution in [3.8, 4) is 0 Å². The van der Waals surface area contributed by atoms with Crippen molar-refractivity contribution in [2.24, 2.45) is 5.92 Å². The van der Waals surface area contributed by atoms with Crippen molar-refractivity contribution in [1.82, 2.24) is 0 Å². The predicted molar refractivity (Wildman–Crippen MR) is 97.8 cm³/mol. The zero-order valence-electron chi connectivity index (χ0n) is 14.6. The molecule has 0 unspecified atom stereocenters. The van der Waals surface area contributed by atoms with Crippen LogP contribution in [0.5, 0.6) is 0 Å². The van der Waals surface area contributed by atoms with E-state index in [0.717, 1.165) is 30.1 Å². The third-order valence-electron chi connectivity index (χ3n) is 4.70. The van der Waals surface area contributed by atoms with Crippen LogP contribution >= 0.6 is 0 Å². The molecular formula is C19H30O2Si. The second-order valence-corrected chi connectivity index (χ2v) is 11.7. The van der Waals surface area contributed by atoms with Gasteiger partial charge in [0, 0.05) is 0 Å². The van der Waals surface area contributed by atoms with Gasteiger partial charge >= 0.3 is 5.97 Å². The molecule has 0 heterocycles. The minimum Gasteiger partial charge on any atom is -0.478 e. The normalized spacial score (nSPS) is 12.7.